The number of nitrogens with zero attached hydrogens (tertiary/aromatic N) is 1. The minimum atomic E-state index is -3.60. The number of rotatable bonds is 4. The summed E-state index contributed by atoms with van der Waals surface area (Å²) >= 11 is 5.99. The number of H-pyrrole nitrogens is 1. The van der Waals surface area contributed by atoms with Crippen LogP contribution in [0.2, 0.25) is 5.02 Å². The topological polar surface area (TPSA) is 74.8 Å². The van der Waals surface area contributed by atoms with Crippen LogP contribution in [-0.4, -0.2) is 18.6 Å². The summed E-state index contributed by atoms with van der Waals surface area (Å²) in [5.41, 5.74) is 1.69. The largest absolute Gasteiger partial charge is 0.281 e. The third-order valence-corrected chi connectivity index (χ3v) is 4.77. The zero-order valence-corrected chi connectivity index (χ0v) is 12.1. The molecule has 2 N–H and O–H groups in total. The van der Waals surface area contributed by atoms with Gasteiger partial charge >= 0.3 is 0 Å². The molecule has 0 atom stereocenters. The molecule has 0 aliphatic carbocycles. The summed E-state index contributed by atoms with van der Waals surface area (Å²) in [6.07, 6.45) is 0. The van der Waals surface area contributed by atoms with E-state index < -0.39 is 10.0 Å². The van der Waals surface area contributed by atoms with Gasteiger partial charge < -0.3 is 0 Å². The first kappa shape index (κ1) is 14.0. The van der Waals surface area contributed by atoms with Gasteiger partial charge in [-0.15, -0.1) is 0 Å². The zero-order chi connectivity index (χ0) is 14.0. The molecule has 1 aromatic carbocycles. The molecule has 0 saturated carbocycles. The molecule has 0 saturated heterocycles. The van der Waals surface area contributed by atoms with Gasteiger partial charge in [0.05, 0.1) is 11.4 Å². The highest BCUT2D eigenvalue weighted by Crippen LogP contribution is 2.18. The number of hydrogen-bond acceptors (Lipinski definition) is 3. The van der Waals surface area contributed by atoms with E-state index in [4.69, 9.17) is 11.6 Å². The average molecular weight is 300 g/mol. The van der Waals surface area contributed by atoms with Gasteiger partial charge in [0.25, 0.3) is 0 Å². The summed E-state index contributed by atoms with van der Waals surface area (Å²) in [6, 6.07) is 7.11. The molecule has 0 amide bonds. The second kappa shape index (κ2) is 5.32. The normalized spacial score (nSPS) is 11.7. The van der Waals surface area contributed by atoms with Crippen molar-refractivity contribution in [1.29, 1.82) is 0 Å². The Labute approximate surface area is 117 Å². The van der Waals surface area contributed by atoms with Crippen molar-refractivity contribution in [3.05, 3.63) is 46.2 Å². The Morgan fingerprint density at radius 3 is 2.58 bits per heavy atom. The van der Waals surface area contributed by atoms with Gasteiger partial charge in [-0.2, -0.15) is 5.10 Å². The third kappa shape index (κ3) is 2.97. The van der Waals surface area contributed by atoms with Crippen molar-refractivity contribution < 1.29 is 8.42 Å². The monoisotopic (exact) mass is 299 g/mol. The number of aromatic amines is 1. The van der Waals surface area contributed by atoms with Crippen molar-refractivity contribution in [2.24, 2.45) is 0 Å². The molecule has 0 radical (unpaired) electrons. The number of halogens is 1. The molecule has 0 unspecified atom stereocenters. The summed E-state index contributed by atoms with van der Waals surface area (Å²) in [7, 11) is -3.60. The fourth-order valence-electron chi connectivity index (χ4n) is 1.82. The van der Waals surface area contributed by atoms with Gasteiger partial charge in [-0.3, -0.25) is 5.10 Å². The highest BCUT2D eigenvalue weighted by Gasteiger charge is 2.21. The van der Waals surface area contributed by atoms with E-state index in [1.165, 1.54) is 0 Å². The Hall–Kier alpha value is -1.37. The SMILES string of the molecule is Cc1n[nH]c(C)c1S(=O)(=O)NCc1ccccc1Cl. The summed E-state index contributed by atoms with van der Waals surface area (Å²) in [4.78, 5) is 0.194. The van der Waals surface area contributed by atoms with Crippen LogP contribution in [0.3, 0.4) is 0 Å². The van der Waals surface area contributed by atoms with Crippen LogP contribution in [-0.2, 0) is 16.6 Å². The van der Waals surface area contributed by atoms with Crippen LogP contribution < -0.4 is 4.72 Å². The molecule has 0 aliphatic heterocycles. The lowest BCUT2D eigenvalue weighted by Crippen LogP contribution is -2.24. The van der Waals surface area contributed by atoms with Gasteiger partial charge in [0, 0.05) is 11.6 Å². The molecular weight excluding hydrogens is 286 g/mol. The molecule has 5 nitrogen and oxygen atoms in total. The Morgan fingerprint density at radius 2 is 2.00 bits per heavy atom. The first-order chi connectivity index (χ1) is 8.92. The van der Waals surface area contributed by atoms with E-state index in [1.54, 1.807) is 32.0 Å². The number of nitrogens with one attached hydrogen (secondary N) is 2. The van der Waals surface area contributed by atoms with Gasteiger partial charge in [-0.25, -0.2) is 13.1 Å². The molecule has 0 spiro atoms. The van der Waals surface area contributed by atoms with Gasteiger partial charge in [-0.05, 0) is 25.5 Å². The Balaban J connectivity index is 2.22. The Kier molecular flexibility index (Phi) is 3.93. The zero-order valence-electron chi connectivity index (χ0n) is 10.6. The molecule has 0 bridgehead atoms. The van der Waals surface area contributed by atoms with Crippen molar-refractivity contribution >= 4 is 21.6 Å². The molecule has 0 aliphatic rings. The highest BCUT2D eigenvalue weighted by atomic mass is 35.5. The third-order valence-electron chi connectivity index (χ3n) is 2.74. The number of aromatic nitrogens is 2. The van der Waals surface area contributed by atoms with E-state index in [0.29, 0.717) is 16.4 Å². The fraction of sp³-hybridized carbons (Fsp3) is 0.250. The van der Waals surface area contributed by atoms with E-state index in [9.17, 15) is 8.42 Å². The summed E-state index contributed by atoms with van der Waals surface area (Å²) in [5, 5.41) is 7.08. The summed E-state index contributed by atoms with van der Waals surface area (Å²) < 4.78 is 26.9. The van der Waals surface area contributed by atoms with Crippen molar-refractivity contribution in [3.8, 4) is 0 Å². The van der Waals surface area contributed by atoms with Crippen molar-refractivity contribution in [2.75, 3.05) is 0 Å². The molecule has 7 heteroatoms. The maximum atomic E-state index is 12.2. The molecule has 2 rings (SSSR count). The quantitative estimate of drug-likeness (QED) is 0.908. The van der Waals surface area contributed by atoms with Crippen molar-refractivity contribution in [2.45, 2.75) is 25.3 Å². The Morgan fingerprint density at radius 1 is 1.32 bits per heavy atom. The second-order valence-electron chi connectivity index (χ2n) is 4.18. The number of sulfonamides is 1. The van der Waals surface area contributed by atoms with Crippen LogP contribution >= 0.6 is 11.6 Å². The van der Waals surface area contributed by atoms with Crippen LogP contribution in [0.5, 0.6) is 0 Å². The first-order valence-electron chi connectivity index (χ1n) is 5.66. The smallest absolute Gasteiger partial charge is 0.244 e. The summed E-state index contributed by atoms with van der Waals surface area (Å²) in [5.74, 6) is 0. The number of aryl methyl sites for hydroxylation is 2. The van der Waals surface area contributed by atoms with Crippen LogP contribution in [0.15, 0.2) is 29.2 Å². The molecule has 1 aromatic heterocycles. The highest BCUT2D eigenvalue weighted by molar-refractivity contribution is 7.89. The lowest BCUT2D eigenvalue weighted by molar-refractivity contribution is 0.580. The molecule has 1 heterocycles. The molecule has 2 aromatic rings. The van der Waals surface area contributed by atoms with Gasteiger partial charge in [-0.1, -0.05) is 29.8 Å². The maximum Gasteiger partial charge on any atom is 0.244 e. The van der Waals surface area contributed by atoms with Crippen LogP contribution in [0.4, 0.5) is 0 Å². The van der Waals surface area contributed by atoms with Crippen LogP contribution in [0, 0.1) is 13.8 Å². The minimum absolute atomic E-state index is 0.145. The first-order valence-corrected chi connectivity index (χ1v) is 7.52. The van der Waals surface area contributed by atoms with Gasteiger partial charge in [0.1, 0.15) is 4.90 Å². The lowest BCUT2D eigenvalue weighted by atomic mass is 10.2. The van der Waals surface area contributed by atoms with Crippen molar-refractivity contribution in [1.82, 2.24) is 14.9 Å². The molecular formula is C12H14ClN3O2S. The predicted molar refractivity (Wildman–Crippen MR) is 73.5 cm³/mol. The maximum absolute atomic E-state index is 12.2. The Bertz CT molecular complexity index is 675. The standard InChI is InChI=1S/C12H14ClN3O2S/c1-8-12(9(2)16-15-8)19(17,18)14-7-10-5-3-4-6-11(10)13/h3-6,14H,7H2,1-2H3,(H,15,16). The minimum Gasteiger partial charge on any atom is -0.281 e. The van der Waals surface area contributed by atoms with E-state index in [1.807, 2.05) is 6.07 Å². The second-order valence-corrected chi connectivity index (χ2v) is 6.29. The fourth-order valence-corrected chi connectivity index (χ4v) is 3.40. The summed E-state index contributed by atoms with van der Waals surface area (Å²) in [6.45, 7) is 3.46. The molecule has 102 valence electrons. The molecule has 19 heavy (non-hydrogen) atoms. The van der Waals surface area contributed by atoms with Crippen LogP contribution in [0.25, 0.3) is 0 Å². The lowest BCUT2D eigenvalue weighted by Gasteiger charge is -2.08. The number of benzene rings is 1. The number of hydrogen-bond donors (Lipinski definition) is 2. The average Bonchev–Trinajstić information content (AvgIpc) is 2.69. The van der Waals surface area contributed by atoms with E-state index in [2.05, 4.69) is 14.9 Å². The molecule has 0 fully saturated rings. The van der Waals surface area contributed by atoms with E-state index >= 15 is 0 Å². The van der Waals surface area contributed by atoms with E-state index in [-0.39, 0.29) is 11.4 Å². The van der Waals surface area contributed by atoms with E-state index in [0.717, 1.165) is 5.56 Å². The van der Waals surface area contributed by atoms with Crippen LogP contribution in [0.1, 0.15) is 17.0 Å². The predicted octanol–water partition coefficient (Wildman–Crippen LogP) is 2.16. The van der Waals surface area contributed by atoms with Gasteiger partial charge in [0.2, 0.25) is 10.0 Å². The van der Waals surface area contributed by atoms with Crippen molar-refractivity contribution in [3.63, 3.8) is 0 Å². The van der Waals surface area contributed by atoms with Gasteiger partial charge in [0.15, 0.2) is 0 Å².